The third kappa shape index (κ3) is 3.09. The summed E-state index contributed by atoms with van der Waals surface area (Å²) in [5.41, 5.74) is 0. The third-order valence-electron chi connectivity index (χ3n) is 2.51. The van der Waals surface area contributed by atoms with E-state index in [2.05, 4.69) is 17.6 Å². The molecule has 12 heavy (non-hydrogen) atoms. The Balaban J connectivity index is 2.05. The van der Waals surface area contributed by atoms with Crippen LogP contribution in [0.2, 0.25) is 0 Å². The first-order valence-corrected chi connectivity index (χ1v) is 4.80. The summed E-state index contributed by atoms with van der Waals surface area (Å²) in [5, 5.41) is 6.60. The molecular weight excluding hydrogens is 152 g/mol. The molecule has 0 amide bonds. The highest BCUT2D eigenvalue weighted by molar-refractivity contribution is 4.75. The Kier molecular flexibility index (Phi) is 4.58. The van der Waals surface area contributed by atoms with Gasteiger partial charge in [-0.1, -0.05) is 0 Å². The maximum atomic E-state index is 5.33. The van der Waals surface area contributed by atoms with Gasteiger partial charge in [0.2, 0.25) is 0 Å². The molecule has 0 aromatic heterocycles. The first kappa shape index (κ1) is 9.96. The van der Waals surface area contributed by atoms with Gasteiger partial charge < -0.3 is 15.4 Å². The Morgan fingerprint density at radius 3 is 2.92 bits per heavy atom. The van der Waals surface area contributed by atoms with Crippen LogP contribution in [-0.4, -0.2) is 39.4 Å². The van der Waals surface area contributed by atoms with Gasteiger partial charge >= 0.3 is 0 Å². The third-order valence-corrected chi connectivity index (χ3v) is 2.51. The van der Waals surface area contributed by atoms with E-state index in [-0.39, 0.29) is 0 Å². The van der Waals surface area contributed by atoms with E-state index >= 15 is 0 Å². The normalized spacial score (nSPS) is 26.0. The zero-order chi connectivity index (χ0) is 8.81. The van der Waals surface area contributed by atoms with Crippen molar-refractivity contribution in [2.45, 2.75) is 19.4 Å². The average Bonchev–Trinajstić information content (AvgIpc) is 2.56. The van der Waals surface area contributed by atoms with E-state index in [1.165, 1.54) is 6.42 Å². The van der Waals surface area contributed by atoms with Gasteiger partial charge in [0, 0.05) is 25.7 Å². The fraction of sp³-hybridized carbons (Fsp3) is 1.00. The molecular formula is C9H20N2O. The second-order valence-corrected chi connectivity index (χ2v) is 3.47. The summed E-state index contributed by atoms with van der Waals surface area (Å²) < 4.78 is 5.33. The fourth-order valence-corrected chi connectivity index (χ4v) is 1.54. The van der Waals surface area contributed by atoms with Crippen LogP contribution >= 0.6 is 0 Å². The van der Waals surface area contributed by atoms with Gasteiger partial charge in [0.1, 0.15) is 0 Å². The minimum absolute atomic E-state index is 0.598. The second-order valence-electron chi connectivity index (χ2n) is 3.47. The summed E-state index contributed by atoms with van der Waals surface area (Å²) in [5.74, 6) is 0.724. The summed E-state index contributed by atoms with van der Waals surface area (Å²) in [6, 6.07) is 0.598. The number of hydrogen-bond donors (Lipinski definition) is 2. The first-order chi connectivity index (χ1) is 5.84. The minimum Gasteiger partial charge on any atom is -0.381 e. The molecule has 2 N–H and O–H groups in total. The van der Waals surface area contributed by atoms with Crippen molar-refractivity contribution in [2.75, 3.05) is 33.4 Å². The quantitative estimate of drug-likeness (QED) is 0.582. The molecule has 0 spiro atoms. The standard InChI is InChI=1S/C9H20N2O/c1-8(11-5-4-10-2)9-3-6-12-7-9/h8-11H,3-7H2,1-2H3. The Bertz CT molecular complexity index is 113. The molecule has 2 unspecified atom stereocenters. The van der Waals surface area contributed by atoms with Gasteiger partial charge in [-0.25, -0.2) is 0 Å². The molecule has 1 heterocycles. The number of ether oxygens (including phenoxy) is 1. The number of likely N-dealkylation sites (N-methyl/N-ethyl adjacent to an activating group) is 1. The smallest absolute Gasteiger partial charge is 0.0509 e. The van der Waals surface area contributed by atoms with Crippen LogP contribution in [0, 0.1) is 5.92 Å². The molecule has 0 saturated carbocycles. The van der Waals surface area contributed by atoms with Crippen molar-refractivity contribution in [2.24, 2.45) is 5.92 Å². The highest BCUT2D eigenvalue weighted by Crippen LogP contribution is 2.15. The summed E-state index contributed by atoms with van der Waals surface area (Å²) in [6.45, 7) is 6.22. The predicted molar refractivity (Wildman–Crippen MR) is 50.3 cm³/mol. The van der Waals surface area contributed by atoms with Crippen molar-refractivity contribution >= 4 is 0 Å². The second kappa shape index (κ2) is 5.51. The van der Waals surface area contributed by atoms with Crippen LogP contribution in [0.25, 0.3) is 0 Å². The van der Waals surface area contributed by atoms with E-state index < -0.39 is 0 Å². The minimum atomic E-state index is 0.598. The fourth-order valence-electron chi connectivity index (χ4n) is 1.54. The first-order valence-electron chi connectivity index (χ1n) is 4.80. The molecule has 0 radical (unpaired) electrons. The number of hydrogen-bond acceptors (Lipinski definition) is 3. The Morgan fingerprint density at radius 1 is 1.50 bits per heavy atom. The molecule has 0 bridgehead atoms. The Morgan fingerprint density at radius 2 is 2.33 bits per heavy atom. The molecule has 1 fully saturated rings. The molecule has 1 saturated heterocycles. The van der Waals surface area contributed by atoms with Gasteiger partial charge in [0.15, 0.2) is 0 Å². The van der Waals surface area contributed by atoms with Crippen LogP contribution in [0.3, 0.4) is 0 Å². The maximum Gasteiger partial charge on any atom is 0.0509 e. The predicted octanol–water partition coefficient (Wildman–Crippen LogP) is 0.220. The largest absolute Gasteiger partial charge is 0.381 e. The van der Waals surface area contributed by atoms with Gasteiger partial charge in [-0.3, -0.25) is 0 Å². The lowest BCUT2D eigenvalue weighted by Gasteiger charge is -2.18. The van der Waals surface area contributed by atoms with Gasteiger partial charge in [0.25, 0.3) is 0 Å². The van der Waals surface area contributed by atoms with Crippen molar-refractivity contribution in [1.82, 2.24) is 10.6 Å². The monoisotopic (exact) mass is 172 g/mol. The number of nitrogens with one attached hydrogen (secondary N) is 2. The van der Waals surface area contributed by atoms with Crippen molar-refractivity contribution in [3.63, 3.8) is 0 Å². The Labute approximate surface area is 74.9 Å². The van der Waals surface area contributed by atoms with Crippen LogP contribution in [0.1, 0.15) is 13.3 Å². The molecule has 3 nitrogen and oxygen atoms in total. The van der Waals surface area contributed by atoms with Gasteiger partial charge in [-0.05, 0) is 26.3 Å². The molecule has 72 valence electrons. The van der Waals surface area contributed by atoms with Crippen LogP contribution < -0.4 is 10.6 Å². The lowest BCUT2D eigenvalue weighted by atomic mass is 10.0. The van der Waals surface area contributed by atoms with E-state index in [1.807, 2.05) is 7.05 Å². The highest BCUT2D eigenvalue weighted by atomic mass is 16.5. The number of rotatable bonds is 5. The molecule has 0 aliphatic carbocycles. The topological polar surface area (TPSA) is 33.3 Å². The van der Waals surface area contributed by atoms with E-state index in [9.17, 15) is 0 Å². The van der Waals surface area contributed by atoms with Crippen molar-refractivity contribution in [1.29, 1.82) is 0 Å². The summed E-state index contributed by atoms with van der Waals surface area (Å²) in [6.07, 6.45) is 1.22. The lowest BCUT2D eigenvalue weighted by molar-refractivity contribution is 0.178. The SMILES string of the molecule is CNCCNC(C)C1CCOC1. The lowest BCUT2D eigenvalue weighted by Crippen LogP contribution is -2.37. The zero-order valence-electron chi connectivity index (χ0n) is 8.10. The molecule has 0 aromatic carbocycles. The van der Waals surface area contributed by atoms with E-state index in [0.717, 1.165) is 32.2 Å². The molecule has 0 aromatic rings. The van der Waals surface area contributed by atoms with Gasteiger partial charge in [0.05, 0.1) is 6.61 Å². The maximum absolute atomic E-state index is 5.33. The molecule has 1 aliphatic rings. The van der Waals surface area contributed by atoms with Gasteiger partial charge in [-0.2, -0.15) is 0 Å². The highest BCUT2D eigenvalue weighted by Gasteiger charge is 2.21. The summed E-state index contributed by atoms with van der Waals surface area (Å²) in [7, 11) is 1.98. The Hall–Kier alpha value is -0.120. The molecule has 2 atom stereocenters. The molecule has 1 rings (SSSR count). The van der Waals surface area contributed by atoms with E-state index in [0.29, 0.717) is 6.04 Å². The van der Waals surface area contributed by atoms with Crippen LogP contribution in [0.5, 0.6) is 0 Å². The zero-order valence-corrected chi connectivity index (χ0v) is 8.10. The van der Waals surface area contributed by atoms with Crippen molar-refractivity contribution in [3.8, 4) is 0 Å². The molecule has 3 heteroatoms. The van der Waals surface area contributed by atoms with Gasteiger partial charge in [-0.15, -0.1) is 0 Å². The average molecular weight is 172 g/mol. The summed E-state index contributed by atoms with van der Waals surface area (Å²) >= 11 is 0. The van der Waals surface area contributed by atoms with Crippen molar-refractivity contribution < 1.29 is 4.74 Å². The molecule has 1 aliphatic heterocycles. The van der Waals surface area contributed by atoms with Crippen LogP contribution in [0.15, 0.2) is 0 Å². The van der Waals surface area contributed by atoms with Crippen molar-refractivity contribution in [3.05, 3.63) is 0 Å². The van der Waals surface area contributed by atoms with E-state index in [1.54, 1.807) is 0 Å². The van der Waals surface area contributed by atoms with E-state index in [4.69, 9.17) is 4.74 Å². The van der Waals surface area contributed by atoms with Crippen LogP contribution in [0.4, 0.5) is 0 Å². The van der Waals surface area contributed by atoms with Crippen LogP contribution in [-0.2, 0) is 4.74 Å². The summed E-state index contributed by atoms with van der Waals surface area (Å²) in [4.78, 5) is 0.